The van der Waals surface area contributed by atoms with Crippen LogP contribution < -0.4 is 24.4 Å². The third-order valence-corrected chi connectivity index (χ3v) is 8.30. The zero-order chi connectivity index (χ0) is 30.0. The molecule has 216 valence electrons. The number of nitrogens with zero attached hydrogens (tertiary/aromatic N) is 2. The maximum absolute atomic E-state index is 13.9. The summed E-state index contributed by atoms with van der Waals surface area (Å²) in [5, 5.41) is 0. The lowest BCUT2D eigenvalue weighted by molar-refractivity contribution is -0.139. The Balaban J connectivity index is 1.57. The summed E-state index contributed by atoms with van der Waals surface area (Å²) < 4.78 is 33.1. The third-order valence-electron chi connectivity index (χ3n) is 6.73. The summed E-state index contributed by atoms with van der Waals surface area (Å²) in [6, 6.07) is 16.8. The molecule has 0 radical (unpaired) electrons. The largest absolute Gasteiger partial charge is 0.493 e. The van der Waals surface area contributed by atoms with Gasteiger partial charge in [0, 0.05) is 0 Å². The summed E-state index contributed by atoms with van der Waals surface area (Å²) in [5.41, 5.74) is 3.78. The number of carbonyl (C=O) groups excluding carboxylic acids is 1. The highest BCUT2D eigenvalue weighted by molar-refractivity contribution is 9.10. The predicted molar refractivity (Wildman–Crippen MR) is 163 cm³/mol. The summed E-state index contributed by atoms with van der Waals surface area (Å²) >= 11 is 4.79. The van der Waals surface area contributed by atoms with Crippen molar-refractivity contribution < 1.29 is 23.4 Å². The topological polar surface area (TPSA) is 79.1 Å². The van der Waals surface area contributed by atoms with Gasteiger partial charge in [-0.05, 0) is 83.7 Å². The SMILES string of the molecule is CCOC(=O)C1=C(C)N=c2s/c(=C/c3cc(Br)c(OCc4cccc(F)c4)c(OC)c3)c(=O)n2[C@H]1c1ccc(C)cc1. The van der Waals surface area contributed by atoms with Gasteiger partial charge in [0.25, 0.3) is 5.56 Å². The lowest BCUT2D eigenvalue weighted by Crippen LogP contribution is -2.39. The molecule has 0 unspecified atom stereocenters. The third kappa shape index (κ3) is 5.96. The number of benzene rings is 3. The molecule has 0 N–H and O–H groups in total. The normalized spacial score (nSPS) is 14.8. The van der Waals surface area contributed by atoms with Gasteiger partial charge < -0.3 is 14.2 Å². The van der Waals surface area contributed by atoms with E-state index in [0.717, 1.165) is 11.1 Å². The van der Waals surface area contributed by atoms with Gasteiger partial charge >= 0.3 is 5.97 Å². The maximum Gasteiger partial charge on any atom is 0.338 e. The minimum absolute atomic E-state index is 0.145. The molecule has 4 aromatic rings. The van der Waals surface area contributed by atoms with Gasteiger partial charge in [-0.25, -0.2) is 14.2 Å². The van der Waals surface area contributed by atoms with Crippen LogP contribution in [0.3, 0.4) is 0 Å². The second kappa shape index (κ2) is 12.5. The second-order valence-electron chi connectivity index (χ2n) is 9.67. The zero-order valence-corrected chi connectivity index (χ0v) is 25.8. The molecule has 3 aromatic carbocycles. The van der Waals surface area contributed by atoms with Gasteiger partial charge in [0.15, 0.2) is 16.3 Å². The van der Waals surface area contributed by atoms with E-state index in [1.165, 1.54) is 30.6 Å². The zero-order valence-electron chi connectivity index (χ0n) is 23.4. The molecular weight excluding hydrogens is 623 g/mol. The van der Waals surface area contributed by atoms with Crippen molar-refractivity contribution in [3.05, 3.63) is 124 Å². The Morgan fingerprint density at radius 3 is 2.60 bits per heavy atom. The van der Waals surface area contributed by atoms with Crippen molar-refractivity contribution >= 4 is 39.3 Å². The summed E-state index contributed by atoms with van der Waals surface area (Å²) in [4.78, 5) is 32.1. The fourth-order valence-electron chi connectivity index (χ4n) is 4.75. The van der Waals surface area contributed by atoms with E-state index < -0.39 is 12.0 Å². The number of hydrogen-bond donors (Lipinski definition) is 0. The molecule has 1 atom stereocenters. The van der Waals surface area contributed by atoms with Crippen LogP contribution in [0, 0.1) is 12.7 Å². The quantitative estimate of drug-likeness (QED) is 0.232. The van der Waals surface area contributed by atoms with E-state index in [0.29, 0.717) is 47.7 Å². The fourth-order valence-corrected chi connectivity index (χ4v) is 6.37. The summed E-state index contributed by atoms with van der Waals surface area (Å²) in [5.74, 6) is 0.0569. The molecule has 0 amide bonds. The number of hydrogen-bond acceptors (Lipinski definition) is 7. The molecule has 1 aromatic heterocycles. The molecule has 0 saturated carbocycles. The van der Waals surface area contributed by atoms with Crippen molar-refractivity contribution in [2.45, 2.75) is 33.4 Å². The minimum atomic E-state index is -0.678. The number of thiazole rings is 1. The number of rotatable bonds is 8. The molecule has 0 bridgehead atoms. The van der Waals surface area contributed by atoms with Gasteiger partial charge in [-0.2, -0.15) is 0 Å². The molecule has 2 heterocycles. The van der Waals surface area contributed by atoms with Gasteiger partial charge in [0.1, 0.15) is 12.4 Å². The molecule has 10 heteroatoms. The van der Waals surface area contributed by atoms with Crippen molar-refractivity contribution in [1.82, 2.24) is 4.57 Å². The first-order chi connectivity index (χ1) is 20.2. The van der Waals surface area contributed by atoms with Crippen LogP contribution in [0.5, 0.6) is 11.5 Å². The number of allylic oxidation sites excluding steroid dienone is 1. The van der Waals surface area contributed by atoms with Crippen molar-refractivity contribution in [2.24, 2.45) is 4.99 Å². The van der Waals surface area contributed by atoms with E-state index in [4.69, 9.17) is 14.2 Å². The van der Waals surface area contributed by atoms with Crippen LogP contribution in [0.15, 0.2) is 86.2 Å². The van der Waals surface area contributed by atoms with Crippen LogP contribution in [0.2, 0.25) is 0 Å². The Morgan fingerprint density at radius 1 is 1.14 bits per heavy atom. The Morgan fingerprint density at radius 2 is 1.90 bits per heavy atom. The van der Waals surface area contributed by atoms with Gasteiger partial charge in [-0.3, -0.25) is 9.36 Å². The second-order valence-corrected chi connectivity index (χ2v) is 11.5. The van der Waals surface area contributed by atoms with E-state index in [-0.39, 0.29) is 24.6 Å². The maximum atomic E-state index is 13.9. The average molecular weight is 652 g/mol. The predicted octanol–water partition coefficient (Wildman–Crippen LogP) is 5.60. The Kier molecular flexibility index (Phi) is 8.74. The van der Waals surface area contributed by atoms with Crippen LogP contribution in [-0.4, -0.2) is 24.3 Å². The summed E-state index contributed by atoms with van der Waals surface area (Å²) in [6.07, 6.45) is 1.75. The lowest BCUT2D eigenvalue weighted by atomic mass is 9.95. The smallest absolute Gasteiger partial charge is 0.338 e. The number of aromatic nitrogens is 1. The number of aryl methyl sites for hydroxylation is 1. The van der Waals surface area contributed by atoms with Gasteiger partial charge in [0.05, 0.1) is 40.0 Å². The van der Waals surface area contributed by atoms with E-state index in [1.807, 2.05) is 37.3 Å². The van der Waals surface area contributed by atoms with Crippen LogP contribution in [0.4, 0.5) is 4.39 Å². The first kappa shape index (κ1) is 29.5. The number of fused-ring (bicyclic) bond motifs is 1. The monoisotopic (exact) mass is 650 g/mol. The van der Waals surface area contributed by atoms with Crippen LogP contribution in [0.1, 0.15) is 42.1 Å². The van der Waals surface area contributed by atoms with Crippen molar-refractivity contribution in [2.75, 3.05) is 13.7 Å². The molecule has 0 aliphatic carbocycles. The molecule has 0 spiro atoms. The van der Waals surface area contributed by atoms with Crippen LogP contribution in [-0.2, 0) is 16.1 Å². The molecule has 7 nitrogen and oxygen atoms in total. The highest BCUT2D eigenvalue weighted by Gasteiger charge is 2.33. The van der Waals surface area contributed by atoms with Crippen molar-refractivity contribution in [3.8, 4) is 11.5 Å². The lowest BCUT2D eigenvalue weighted by Gasteiger charge is -2.24. The van der Waals surface area contributed by atoms with E-state index >= 15 is 0 Å². The van der Waals surface area contributed by atoms with Crippen molar-refractivity contribution in [1.29, 1.82) is 0 Å². The number of carbonyl (C=O) groups is 1. The first-order valence-electron chi connectivity index (χ1n) is 13.2. The Hall–Kier alpha value is -4.02. The number of esters is 1. The standard InChI is InChI=1S/C32H28BrFN2O5S/c1-5-40-31(38)27-19(3)35-32-36(28(27)22-11-9-18(2)10-12-22)30(37)26(42-32)16-21-14-24(33)29(25(15-21)39-4)41-17-20-7-6-8-23(34)13-20/h6-16,28H,5,17H2,1-4H3/b26-16+/t28-/m0/s1. The number of methoxy groups -OCH3 is 1. The summed E-state index contributed by atoms with van der Waals surface area (Å²) in [6.45, 7) is 5.83. The van der Waals surface area contributed by atoms with E-state index in [1.54, 1.807) is 42.7 Å². The highest BCUT2D eigenvalue weighted by Crippen LogP contribution is 2.37. The average Bonchev–Trinajstić information content (AvgIpc) is 3.26. The fraction of sp³-hybridized carbons (Fsp3) is 0.219. The minimum Gasteiger partial charge on any atom is -0.493 e. The van der Waals surface area contributed by atoms with Crippen LogP contribution >= 0.6 is 27.3 Å². The van der Waals surface area contributed by atoms with E-state index in [9.17, 15) is 14.0 Å². The van der Waals surface area contributed by atoms with Gasteiger partial charge in [-0.15, -0.1) is 0 Å². The van der Waals surface area contributed by atoms with Gasteiger partial charge in [-0.1, -0.05) is 53.3 Å². The Bertz CT molecular complexity index is 1880. The molecule has 5 rings (SSSR count). The van der Waals surface area contributed by atoms with Crippen molar-refractivity contribution in [3.63, 3.8) is 0 Å². The summed E-state index contributed by atoms with van der Waals surface area (Å²) in [7, 11) is 1.52. The number of ether oxygens (including phenoxy) is 3. The molecular formula is C32H28BrFN2O5S. The van der Waals surface area contributed by atoms with E-state index in [2.05, 4.69) is 20.9 Å². The molecule has 0 fully saturated rings. The molecule has 1 aliphatic heterocycles. The number of halogens is 2. The molecule has 42 heavy (non-hydrogen) atoms. The highest BCUT2D eigenvalue weighted by atomic mass is 79.9. The molecule has 1 aliphatic rings. The van der Waals surface area contributed by atoms with Crippen LogP contribution in [0.25, 0.3) is 6.08 Å². The Labute approximate surface area is 254 Å². The first-order valence-corrected chi connectivity index (χ1v) is 14.8. The van der Waals surface area contributed by atoms with Gasteiger partial charge in [0.2, 0.25) is 0 Å². The molecule has 0 saturated heterocycles.